The van der Waals surface area contributed by atoms with Gasteiger partial charge in [0.05, 0.1) is 0 Å². The van der Waals surface area contributed by atoms with Gasteiger partial charge in [-0.1, -0.05) is 6.92 Å². The smallest absolute Gasteiger partial charge is 0.476 e. The first kappa shape index (κ1) is 7.42. The highest BCUT2D eigenvalue weighted by Gasteiger charge is 2.17. The average molecular weight is 120 g/mol. The minimum Gasteiger partial charge on any atom is -0.476 e. The highest BCUT2D eigenvalue weighted by molar-refractivity contribution is 6.43. The fourth-order valence-corrected chi connectivity index (χ4v) is 0.896. The van der Waals surface area contributed by atoms with E-state index in [0.717, 1.165) is 0 Å². The first-order valence-corrected chi connectivity index (χ1v) is 4.29. The van der Waals surface area contributed by atoms with Crippen molar-refractivity contribution in [3.8, 4) is 0 Å². The van der Waals surface area contributed by atoms with Crippen molar-refractivity contribution in [1.82, 2.24) is 0 Å². The van der Waals surface area contributed by atoms with Crippen LogP contribution in [0.5, 0.6) is 0 Å². The zero-order valence-corrected chi connectivity index (χ0v) is 5.93. The number of halogens is 1. The van der Waals surface area contributed by atoms with E-state index in [-0.39, 0.29) is 0 Å². The molecule has 7 heavy (non-hydrogen) atoms. The van der Waals surface area contributed by atoms with Crippen LogP contribution in [0.4, 0.5) is 3.52 Å². The van der Waals surface area contributed by atoms with Crippen LogP contribution in [0.25, 0.3) is 0 Å². The van der Waals surface area contributed by atoms with Gasteiger partial charge in [0.2, 0.25) is 0 Å². The SMILES string of the molecule is CC[O][Al]([F])[CH2]C. The zero-order valence-electron chi connectivity index (χ0n) is 4.78. The molecule has 0 aromatic heterocycles. The summed E-state index contributed by atoms with van der Waals surface area (Å²) in [5.74, 6) is 0. The molecule has 0 rings (SSSR count). The summed E-state index contributed by atoms with van der Waals surface area (Å²) in [5, 5.41) is 0.591. The van der Waals surface area contributed by atoms with Gasteiger partial charge in [0.15, 0.2) is 0 Å². The molecule has 0 aliphatic carbocycles. The van der Waals surface area contributed by atoms with Crippen LogP contribution in [0.1, 0.15) is 13.8 Å². The summed E-state index contributed by atoms with van der Waals surface area (Å²) in [6.45, 7) is 4.16. The van der Waals surface area contributed by atoms with Crippen molar-refractivity contribution in [1.29, 1.82) is 0 Å². The van der Waals surface area contributed by atoms with E-state index in [0.29, 0.717) is 11.9 Å². The second-order valence-corrected chi connectivity index (χ2v) is 3.24. The molecule has 0 atom stereocenters. The van der Waals surface area contributed by atoms with Crippen molar-refractivity contribution < 1.29 is 7.31 Å². The van der Waals surface area contributed by atoms with Crippen molar-refractivity contribution in [2.24, 2.45) is 0 Å². The van der Waals surface area contributed by atoms with Crippen molar-refractivity contribution in [2.45, 2.75) is 19.1 Å². The van der Waals surface area contributed by atoms with E-state index in [1.165, 1.54) is 0 Å². The maximum absolute atomic E-state index is 12.0. The van der Waals surface area contributed by atoms with Gasteiger partial charge in [-0.15, -0.1) is 0 Å². The molecule has 0 fully saturated rings. The predicted octanol–water partition coefficient (Wildman–Crippen LogP) is 1.50. The molecule has 0 aromatic carbocycles. The van der Waals surface area contributed by atoms with E-state index >= 15 is 0 Å². The van der Waals surface area contributed by atoms with Crippen molar-refractivity contribution in [2.75, 3.05) is 6.61 Å². The Morgan fingerprint density at radius 2 is 2.14 bits per heavy atom. The molecule has 0 N–H and O–H groups in total. The fraction of sp³-hybridized carbons (Fsp3) is 1.00. The molecular formula is C4H10AlFO. The standard InChI is InChI=1S/C2H5O.C2H5.Al.FH/c1-2-3;1-2;;/h2H2,1H3;1H2,2H3;;1H/q-1;;+2;/p-1. The molecule has 0 radical (unpaired) electrons. The summed E-state index contributed by atoms with van der Waals surface area (Å²) in [6.07, 6.45) is 0. The van der Waals surface area contributed by atoms with Gasteiger partial charge in [0, 0.05) is 6.61 Å². The monoisotopic (exact) mass is 120 g/mol. The van der Waals surface area contributed by atoms with Gasteiger partial charge in [-0.3, -0.25) is 0 Å². The lowest BCUT2D eigenvalue weighted by Crippen LogP contribution is -2.08. The molecular weight excluding hydrogens is 110 g/mol. The van der Waals surface area contributed by atoms with Crippen molar-refractivity contribution in [3.05, 3.63) is 0 Å². The lowest BCUT2D eigenvalue weighted by Gasteiger charge is -1.94. The molecule has 1 nitrogen and oxygen atoms in total. The molecule has 0 spiro atoms. The molecule has 0 aliphatic rings. The third-order valence-electron chi connectivity index (χ3n) is 0.668. The molecule has 0 aliphatic heterocycles. The van der Waals surface area contributed by atoms with Gasteiger partial charge in [-0.25, -0.2) is 0 Å². The Bertz CT molecular complexity index is 42.7. The molecule has 0 amide bonds. The quantitative estimate of drug-likeness (QED) is 0.513. The zero-order chi connectivity index (χ0) is 5.70. The Labute approximate surface area is 48.7 Å². The largest absolute Gasteiger partial charge is 0.715 e. The lowest BCUT2D eigenvalue weighted by molar-refractivity contribution is 0.310. The maximum atomic E-state index is 12.0. The van der Waals surface area contributed by atoms with Crippen LogP contribution in [-0.4, -0.2) is 21.5 Å². The minimum atomic E-state index is -2.18. The van der Waals surface area contributed by atoms with Crippen LogP contribution in [0.2, 0.25) is 5.28 Å². The van der Waals surface area contributed by atoms with E-state index in [1.807, 2.05) is 13.8 Å². The summed E-state index contributed by atoms with van der Waals surface area (Å²) < 4.78 is 16.7. The van der Waals surface area contributed by atoms with Gasteiger partial charge in [0.25, 0.3) is 0 Å². The Hall–Kier alpha value is 0.422. The highest BCUT2D eigenvalue weighted by Crippen LogP contribution is 1.92. The number of hydrogen-bond donors (Lipinski definition) is 0. The average Bonchev–Trinajstić information content (AvgIpc) is 1.68. The molecule has 0 unspecified atom stereocenters. The first-order chi connectivity index (χ1) is 3.31. The molecule has 0 saturated carbocycles. The molecule has 3 heteroatoms. The van der Waals surface area contributed by atoms with E-state index < -0.39 is 14.9 Å². The molecule has 42 valence electrons. The van der Waals surface area contributed by atoms with Gasteiger partial charge >= 0.3 is 14.9 Å². The van der Waals surface area contributed by atoms with E-state index in [1.54, 1.807) is 0 Å². The molecule has 0 aromatic rings. The maximum Gasteiger partial charge on any atom is 0.715 e. The summed E-state index contributed by atoms with van der Waals surface area (Å²) in [5.41, 5.74) is 0. The summed E-state index contributed by atoms with van der Waals surface area (Å²) in [6, 6.07) is 0. The topological polar surface area (TPSA) is 9.23 Å². The van der Waals surface area contributed by atoms with Gasteiger partial charge in [-0.05, 0) is 12.2 Å². The third-order valence-corrected chi connectivity index (χ3v) is 2.01. The predicted molar refractivity (Wildman–Crippen MR) is 29.0 cm³/mol. The second kappa shape index (κ2) is 4.58. The van der Waals surface area contributed by atoms with Crippen LogP contribution in [0.3, 0.4) is 0 Å². The Morgan fingerprint density at radius 3 is 2.29 bits per heavy atom. The van der Waals surface area contributed by atoms with E-state index in [2.05, 4.69) is 3.79 Å². The molecule has 0 saturated heterocycles. The summed E-state index contributed by atoms with van der Waals surface area (Å²) in [4.78, 5) is 0. The highest BCUT2D eigenvalue weighted by atomic mass is 27.3. The first-order valence-electron chi connectivity index (χ1n) is 2.57. The number of rotatable bonds is 3. The van der Waals surface area contributed by atoms with E-state index in [9.17, 15) is 3.52 Å². The summed E-state index contributed by atoms with van der Waals surface area (Å²) >= 11 is -2.18. The van der Waals surface area contributed by atoms with Gasteiger partial charge in [0.1, 0.15) is 0 Å². The van der Waals surface area contributed by atoms with Crippen molar-refractivity contribution in [3.63, 3.8) is 0 Å². The van der Waals surface area contributed by atoms with Gasteiger partial charge in [-0.2, -0.15) is 0 Å². The fourth-order valence-electron chi connectivity index (χ4n) is 0.299. The second-order valence-electron chi connectivity index (χ2n) is 1.27. The van der Waals surface area contributed by atoms with Crippen molar-refractivity contribution >= 4 is 14.9 Å². The lowest BCUT2D eigenvalue weighted by atomic mass is 10.9. The summed E-state index contributed by atoms with van der Waals surface area (Å²) in [7, 11) is 0. The number of hydrogen-bond acceptors (Lipinski definition) is 1. The Kier molecular flexibility index (Phi) is 4.85. The van der Waals surface area contributed by atoms with Crippen LogP contribution in [-0.2, 0) is 3.79 Å². The van der Waals surface area contributed by atoms with Crippen LogP contribution in [0, 0.1) is 0 Å². The Morgan fingerprint density at radius 1 is 1.57 bits per heavy atom. The van der Waals surface area contributed by atoms with Crippen LogP contribution >= 0.6 is 0 Å². The molecule has 0 heterocycles. The van der Waals surface area contributed by atoms with Crippen LogP contribution in [0.15, 0.2) is 0 Å². The Balaban J connectivity index is 2.83. The molecule has 0 bridgehead atoms. The van der Waals surface area contributed by atoms with Crippen LogP contribution < -0.4 is 0 Å². The van der Waals surface area contributed by atoms with E-state index in [4.69, 9.17) is 0 Å². The normalized spacial score (nSPS) is 9.00. The third kappa shape index (κ3) is 4.27. The minimum absolute atomic E-state index is 0.529. The van der Waals surface area contributed by atoms with Gasteiger partial charge < -0.3 is 7.31 Å².